The number of benzene rings is 2. The number of hydrogen-bond donors (Lipinski definition) is 0. The summed E-state index contributed by atoms with van der Waals surface area (Å²) in [5.41, 5.74) is 2.58. The van der Waals surface area contributed by atoms with Gasteiger partial charge in [-0.3, -0.25) is 4.79 Å². The maximum absolute atomic E-state index is 13.8. The van der Waals surface area contributed by atoms with Gasteiger partial charge >= 0.3 is 0 Å². The quantitative estimate of drug-likeness (QED) is 0.737. The molecule has 0 aliphatic carbocycles. The highest BCUT2D eigenvalue weighted by Gasteiger charge is 2.17. The van der Waals surface area contributed by atoms with Crippen LogP contribution in [0, 0.1) is 5.82 Å². The second-order valence-corrected chi connectivity index (χ2v) is 5.09. The topological polar surface area (TPSA) is 17.1 Å². The molecule has 0 spiro atoms. The van der Waals surface area contributed by atoms with E-state index in [1.807, 2.05) is 32.0 Å². The van der Waals surface area contributed by atoms with Gasteiger partial charge in [0, 0.05) is 10.6 Å². The van der Waals surface area contributed by atoms with E-state index in [9.17, 15) is 9.18 Å². The zero-order valence-electron chi connectivity index (χ0n) is 11.5. The first kappa shape index (κ1) is 14.7. The number of aryl methyl sites for hydroxylation is 2. The van der Waals surface area contributed by atoms with Crippen molar-refractivity contribution in [3.8, 4) is 0 Å². The van der Waals surface area contributed by atoms with Crippen LogP contribution in [0.4, 0.5) is 4.39 Å². The molecule has 1 nitrogen and oxygen atoms in total. The summed E-state index contributed by atoms with van der Waals surface area (Å²) >= 11 is 5.86. The fourth-order valence-electron chi connectivity index (χ4n) is 2.18. The van der Waals surface area contributed by atoms with Gasteiger partial charge in [-0.15, -0.1) is 0 Å². The molecule has 0 unspecified atom stereocenters. The van der Waals surface area contributed by atoms with Gasteiger partial charge < -0.3 is 0 Å². The zero-order valence-corrected chi connectivity index (χ0v) is 12.3. The molecule has 0 aliphatic heterocycles. The van der Waals surface area contributed by atoms with Crippen molar-refractivity contribution in [3.63, 3.8) is 0 Å². The summed E-state index contributed by atoms with van der Waals surface area (Å²) in [6, 6.07) is 9.85. The Morgan fingerprint density at radius 2 is 1.80 bits per heavy atom. The fourth-order valence-corrected chi connectivity index (χ4v) is 2.35. The fraction of sp³-hybridized carbons (Fsp3) is 0.235. The molecule has 3 heteroatoms. The smallest absolute Gasteiger partial charge is 0.196 e. The summed E-state index contributed by atoms with van der Waals surface area (Å²) in [5.74, 6) is -0.847. The molecule has 2 aromatic rings. The first-order chi connectivity index (χ1) is 9.56. The van der Waals surface area contributed by atoms with Crippen molar-refractivity contribution < 1.29 is 9.18 Å². The Kier molecular flexibility index (Phi) is 4.56. The average molecular weight is 291 g/mol. The molecular weight excluding hydrogens is 275 g/mol. The van der Waals surface area contributed by atoms with Gasteiger partial charge in [-0.05, 0) is 48.2 Å². The Bertz CT molecular complexity index is 649. The number of carbonyl (C=O) groups excluding carboxylic acids is 1. The molecule has 104 valence electrons. The molecule has 0 fully saturated rings. The molecule has 0 radical (unpaired) electrons. The lowest BCUT2D eigenvalue weighted by atomic mass is 9.94. The molecule has 0 aliphatic rings. The van der Waals surface area contributed by atoms with Gasteiger partial charge in [-0.25, -0.2) is 4.39 Å². The van der Waals surface area contributed by atoms with Gasteiger partial charge in [0.1, 0.15) is 5.82 Å². The van der Waals surface area contributed by atoms with E-state index in [2.05, 4.69) is 0 Å². The molecule has 0 heterocycles. The largest absolute Gasteiger partial charge is 0.288 e. The van der Waals surface area contributed by atoms with E-state index in [4.69, 9.17) is 11.6 Å². The highest BCUT2D eigenvalue weighted by atomic mass is 35.5. The first-order valence-corrected chi connectivity index (χ1v) is 7.06. The molecule has 0 saturated heterocycles. The molecule has 0 bridgehead atoms. The molecule has 0 saturated carbocycles. The normalized spacial score (nSPS) is 10.6. The Morgan fingerprint density at radius 3 is 2.45 bits per heavy atom. The van der Waals surface area contributed by atoms with Crippen molar-refractivity contribution in [2.24, 2.45) is 0 Å². The zero-order chi connectivity index (χ0) is 14.7. The molecule has 0 N–H and O–H groups in total. The highest BCUT2D eigenvalue weighted by Crippen LogP contribution is 2.22. The molecule has 0 atom stereocenters. The van der Waals surface area contributed by atoms with Crippen LogP contribution in [-0.2, 0) is 12.8 Å². The molecule has 0 amide bonds. The minimum atomic E-state index is -0.539. The predicted molar refractivity (Wildman–Crippen MR) is 80.0 cm³/mol. The lowest BCUT2D eigenvalue weighted by molar-refractivity contribution is 0.103. The molecular formula is C17H16ClFO. The third-order valence-electron chi connectivity index (χ3n) is 3.38. The third-order valence-corrected chi connectivity index (χ3v) is 3.62. The van der Waals surface area contributed by atoms with E-state index in [1.165, 1.54) is 18.2 Å². The van der Waals surface area contributed by atoms with Crippen LogP contribution in [-0.4, -0.2) is 5.78 Å². The van der Waals surface area contributed by atoms with Crippen molar-refractivity contribution in [2.75, 3.05) is 0 Å². The van der Waals surface area contributed by atoms with Crippen LogP contribution < -0.4 is 0 Å². The van der Waals surface area contributed by atoms with E-state index in [0.29, 0.717) is 10.6 Å². The number of rotatable bonds is 4. The highest BCUT2D eigenvalue weighted by molar-refractivity contribution is 6.31. The lowest BCUT2D eigenvalue weighted by Crippen LogP contribution is -2.08. The maximum atomic E-state index is 13.8. The summed E-state index contributed by atoms with van der Waals surface area (Å²) in [6.07, 6.45) is 1.57. The minimum absolute atomic E-state index is 0.0282. The van der Waals surface area contributed by atoms with Crippen LogP contribution in [0.5, 0.6) is 0 Å². The molecule has 0 aromatic heterocycles. The van der Waals surface area contributed by atoms with Crippen molar-refractivity contribution in [1.82, 2.24) is 0 Å². The Hall–Kier alpha value is -1.67. The van der Waals surface area contributed by atoms with Crippen molar-refractivity contribution >= 4 is 17.4 Å². The first-order valence-electron chi connectivity index (χ1n) is 6.68. The van der Waals surface area contributed by atoms with Crippen LogP contribution in [0.15, 0.2) is 36.4 Å². The second kappa shape index (κ2) is 6.19. The van der Waals surface area contributed by atoms with Gasteiger partial charge in [-0.2, -0.15) is 0 Å². The SMILES string of the molecule is CCc1ccc(CC)c(C(=O)c2cc(Cl)ccc2F)c1. The molecule has 20 heavy (non-hydrogen) atoms. The summed E-state index contributed by atoms with van der Waals surface area (Å²) in [6.45, 7) is 4.00. The minimum Gasteiger partial charge on any atom is -0.288 e. The van der Waals surface area contributed by atoms with Crippen LogP contribution in [0.25, 0.3) is 0 Å². The van der Waals surface area contributed by atoms with Gasteiger partial charge in [-0.1, -0.05) is 37.6 Å². The number of ketones is 1. The van der Waals surface area contributed by atoms with Crippen molar-refractivity contribution in [1.29, 1.82) is 0 Å². The van der Waals surface area contributed by atoms with Crippen LogP contribution in [0.3, 0.4) is 0 Å². The second-order valence-electron chi connectivity index (χ2n) is 4.65. The lowest BCUT2D eigenvalue weighted by Gasteiger charge is -2.10. The monoisotopic (exact) mass is 290 g/mol. The van der Waals surface area contributed by atoms with Gasteiger partial charge in [0.25, 0.3) is 0 Å². The van der Waals surface area contributed by atoms with E-state index in [0.717, 1.165) is 24.0 Å². The predicted octanol–water partition coefficient (Wildman–Crippen LogP) is 4.83. The molecule has 2 aromatic carbocycles. The van der Waals surface area contributed by atoms with Gasteiger partial charge in [0.2, 0.25) is 0 Å². The molecule has 2 rings (SSSR count). The summed E-state index contributed by atoms with van der Waals surface area (Å²) in [5, 5.41) is 0.361. The van der Waals surface area contributed by atoms with Crippen LogP contribution >= 0.6 is 11.6 Å². The summed E-state index contributed by atoms with van der Waals surface area (Å²) < 4.78 is 13.8. The Balaban J connectivity index is 2.54. The van der Waals surface area contributed by atoms with E-state index < -0.39 is 5.82 Å². The number of hydrogen-bond acceptors (Lipinski definition) is 1. The van der Waals surface area contributed by atoms with Crippen LogP contribution in [0.2, 0.25) is 5.02 Å². The Labute approximate surface area is 123 Å². The van der Waals surface area contributed by atoms with Crippen LogP contribution in [0.1, 0.15) is 40.9 Å². The third kappa shape index (κ3) is 2.91. The standard InChI is InChI=1S/C17H16ClFO/c1-3-11-5-6-12(4-2)14(9-11)17(20)15-10-13(18)7-8-16(15)19/h5-10H,3-4H2,1-2H3. The van der Waals surface area contributed by atoms with Crippen molar-refractivity contribution in [2.45, 2.75) is 26.7 Å². The van der Waals surface area contributed by atoms with E-state index >= 15 is 0 Å². The van der Waals surface area contributed by atoms with Crippen molar-refractivity contribution in [3.05, 3.63) is 69.5 Å². The average Bonchev–Trinajstić information content (AvgIpc) is 2.48. The maximum Gasteiger partial charge on any atom is 0.196 e. The van der Waals surface area contributed by atoms with E-state index in [1.54, 1.807) is 0 Å². The number of carbonyl (C=O) groups is 1. The summed E-state index contributed by atoms with van der Waals surface area (Å²) in [4.78, 5) is 12.6. The Morgan fingerprint density at radius 1 is 1.05 bits per heavy atom. The van der Waals surface area contributed by atoms with E-state index in [-0.39, 0.29) is 11.3 Å². The van der Waals surface area contributed by atoms with Gasteiger partial charge in [0.15, 0.2) is 5.78 Å². The summed E-state index contributed by atoms with van der Waals surface area (Å²) in [7, 11) is 0. The van der Waals surface area contributed by atoms with Gasteiger partial charge in [0.05, 0.1) is 5.56 Å². The number of halogens is 2.